The summed E-state index contributed by atoms with van der Waals surface area (Å²) in [5, 5.41) is 6.09. The maximum atomic E-state index is 12.3. The van der Waals surface area contributed by atoms with Crippen molar-refractivity contribution in [3.05, 3.63) is 52.3 Å². The number of aromatic nitrogens is 1. The minimum absolute atomic E-state index is 0.202. The van der Waals surface area contributed by atoms with Crippen molar-refractivity contribution < 1.29 is 4.79 Å². The van der Waals surface area contributed by atoms with Crippen LogP contribution >= 0.6 is 15.9 Å². The zero-order valence-electron chi connectivity index (χ0n) is 12.1. The molecule has 110 valence electrons. The average molecular weight is 348 g/mol. The van der Waals surface area contributed by atoms with E-state index >= 15 is 0 Å². The van der Waals surface area contributed by atoms with Gasteiger partial charge in [-0.05, 0) is 49.2 Å². The molecule has 1 aromatic heterocycles. The van der Waals surface area contributed by atoms with E-state index in [0.717, 1.165) is 34.4 Å². The van der Waals surface area contributed by atoms with Crippen LogP contribution in [0.3, 0.4) is 0 Å². The maximum Gasteiger partial charge on any atom is 0.274 e. The maximum absolute atomic E-state index is 12.3. The van der Waals surface area contributed by atoms with Crippen molar-refractivity contribution in [3.8, 4) is 0 Å². The number of nitrogens with zero attached hydrogens (tertiary/aromatic N) is 1. The number of hydrogen-bond acceptors (Lipinski definition) is 3. The van der Waals surface area contributed by atoms with Crippen molar-refractivity contribution in [3.63, 3.8) is 0 Å². The Kier molecular flexibility index (Phi) is 5.33. The van der Waals surface area contributed by atoms with Crippen LogP contribution in [0, 0.1) is 0 Å². The number of anilines is 2. The van der Waals surface area contributed by atoms with Crippen molar-refractivity contribution in [1.82, 2.24) is 4.98 Å². The number of carbonyl (C=O) groups excluding carboxylic acids is 1. The first-order chi connectivity index (χ1) is 10.1. The summed E-state index contributed by atoms with van der Waals surface area (Å²) in [6, 6.07) is 9.42. The van der Waals surface area contributed by atoms with Gasteiger partial charge in [0.05, 0.1) is 0 Å². The van der Waals surface area contributed by atoms with Gasteiger partial charge in [-0.1, -0.05) is 22.9 Å². The molecule has 2 rings (SSSR count). The van der Waals surface area contributed by atoms with Crippen LogP contribution < -0.4 is 10.6 Å². The third-order valence-corrected chi connectivity index (χ3v) is 3.56. The molecule has 0 spiro atoms. The van der Waals surface area contributed by atoms with Gasteiger partial charge in [0.15, 0.2) is 0 Å². The van der Waals surface area contributed by atoms with Gasteiger partial charge in [0, 0.05) is 28.6 Å². The van der Waals surface area contributed by atoms with E-state index in [9.17, 15) is 4.79 Å². The summed E-state index contributed by atoms with van der Waals surface area (Å²) >= 11 is 3.44. The van der Waals surface area contributed by atoms with Gasteiger partial charge >= 0.3 is 0 Å². The van der Waals surface area contributed by atoms with E-state index in [4.69, 9.17) is 0 Å². The number of rotatable bonds is 5. The van der Waals surface area contributed by atoms with E-state index in [1.165, 1.54) is 0 Å². The van der Waals surface area contributed by atoms with Gasteiger partial charge < -0.3 is 10.6 Å². The summed E-state index contributed by atoms with van der Waals surface area (Å²) in [5.74, 6) is -0.202. The third-order valence-electron chi connectivity index (χ3n) is 3.07. The van der Waals surface area contributed by atoms with Crippen LogP contribution in [0.4, 0.5) is 11.4 Å². The highest BCUT2D eigenvalue weighted by atomic mass is 79.9. The molecule has 4 nitrogen and oxygen atoms in total. The van der Waals surface area contributed by atoms with Crippen LogP contribution in [0.15, 0.2) is 41.0 Å². The fourth-order valence-corrected chi connectivity index (χ4v) is 2.44. The molecule has 0 radical (unpaired) electrons. The van der Waals surface area contributed by atoms with Crippen LogP contribution in [0.25, 0.3) is 0 Å². The number of amides is 1. The fourth-order valence-electron chi connectivity index (χ4n) is 2.03. The minimum Gasteiger partial charge on any atom is -0.385 e. The minimum atomic E-state index is -0.202. The summed E-state index contributed by atoms with van der Waals surface area (Å²) < 4.78 is 1.00. The lowest BCUT2D eigenvalue weighted by atomic mass is 10.1. The van der Waals surface area contributed by atoms with E-state index in [2.05, 4.69) is 38.5 Å². The first-order valence-electron chi connectivity index (χ1n) is 6.93. The molecular formula is C16H18BrN3O. The Morgan fingerprint density at radius 2 is 2.05 bits per heavy atom. The summed E-state index contributed by atoms with van der Waals surface area (Å²) in [7, 11) is 0. The second-order valence-electron chi connectivity index (χ2n) is 4.57. The Morgan fingerprint density at radius 3 is 2.76 bits per heavy atom. The van der Waals surface area contributed by atoms with Gasteiger partial charge in [-0.25, -0.2) is 0 Å². The highest BCUT2D eigenvalue weighted by Crippen LogP contribution is 2.22. The topological polar surface area (TPSA) is 54.0 Å². The number of hydrogen-bond donors (Lipinski definition) is 2. The van der Waals surface area contributed by atoms with Crippen molar-refractivity contribution in [1.29, 1.82) is 0 Å². The molecule has 0 aliphatic heterocycles. The second-order valence-corrected chi connectivity index (χ2v) is 5.48. The van der Waals surface area contributed by atoms with Crippen molar-refractivity contribution in [2.45, 2.75) is 20.3 Å². The normalized spacial score (nSPS) is 10.2. The van der Waals surface area contributed by atoms with Crippen LogP contribution in [0.5, 0.6) is 0 Å². The molecule has 0 saturated carbocycles. The van der Waals surface area contributed by atoms with Crippen molar-refractivity contribution in [2.24, 2.45) is 0 Å². The molecule has 1 aromatic carbocycles. The summed E-state index contributed by atoms with van der Waals surface area (Å²) in [6.45, 7) is 4.87. The van der Waals surface area contributed by atoms with E-state index in [0.29, 0.717) is 5.69 Å². The molecular weight excluding hydrogens is 330 g/mol. The fraction of sp³-hybridized carbons (Fsp3) is 0.250. The Hall–Kier alpha value is -1.88. The highest BCUT2D eigenvalue weighted by molar-refractivity contribution is 9.10. The molecule has 0 aliphatic carbocycles. The molecule has 0 bridgehead atoms. The van der Waals surface area contributed by atoms with Gasteiger partial charge in [-0.2, -0.15) is 0 Å². The van der Waals surface area contributed by atoms with Gasteiger partial charge in [0.25, 0.3) is 5.91 Å². The van der Waals surface area contributed by atoms with E-state index in [1.54, 1.807) is 12.3 Å². The molecule has 0 saturated heterocycles. The van der Waals surface area contributed by atoms with Gasteiger partial charge in [0.2, 0.25) is 0 Å². The molecule has 2 aromatic rings. The SMILES string of the molecule is CCNc1ccnc(C(=O)Nc2ccc(Br)cc2CC)c1. The standard InChI is InChI=1S/C16H18BrN3O/c1-3-11-9-12(17)5-6-14(11)20-16(21)15-10-13(18-4-2)7-8-19-15/h5-10H,3-4H2,1-2H3,(H,18,19)(H,20,21). The molecule has 2 N–H and O–H groups in total. The van der Waals surface area contributed by atoms with Crippen LogP contribution in [-0.2, 0) is 6.42 Å². The number of aryl methyl sites for hydroxylation is 1. The zero-order valence-corrected chi connectivity index (χ0v) is 13.7. The number of benzene rings is 1. The monoisotopic (exact) mass is 347 g/mol. The molecule has 0 atom stereocenters. The number of carbonyl (C=O) groups is 1. The van der Waals surface area contributed by atoms with Gasteiger partial charge in [-0.3, -0.25) is 9.78 Å². The van der Waals surface area contributed by atoms with Crippen molar-refractivity contribution in [2.75, 3.05) is 17.2 Å². The Balaban J connectivity index is 2.20. The predicted molar refractivity (Wildman–Crippen MR) is 89.9 cm³/mol. The summed E-state index contributed by atoms with van der Waals surface area (Å²) in [6.07, 6.45) is 2.48. The van der Waals surface area contributed by atoms with E-state index < -0.39 is 0 Å². The Bertz CT molecular complexity index is 643. The average Bonchev–Trinajstić information content (AvgIpc) is 2.49. The van der Waals surface area contributed by atoms with Crippen LogP contribution in [-0.4, -0.2) is 17.4 Å². The van der Waals surface area contributed by atoms with Gasteiger partial charge in [0.1, 0.15) is 5.69 Å². The van der Waals surface area contributed by atoms with Crippen LogP contribution in [0.2, 0.25) is 0 Å². The quantitative estimate of drug-likeness (QED) is 0.856. The summed E-state index contributed by atoms with van der Waals surface area (Å²) in [4.78, 5) is 16.4. The van der Waals surface area contributed by atoms with Crippen molar-refractivity contribution >= 4 is 33.2 Å². The summed E-state index contributed by atoms with van der Waals surface area (Å²) in [5.41, 5.74) is 3.20. The van der Waals surface area contributed by atoms with E-state index in [-0.39, 0.29) is 5.91 Å². The Morgan fingerprint density at radius 1 is 1.24 bits per heavy atom. The number of halogens is 1. The smallest absolute Gasteiger partial charge is 0.274 e. The predicted octanol–water partition coefficient (Wildman–Crippen LogP) is 4.09. The zero-order chi connectivity index (χ0) is 15.2. The molecule has 1 amide bonds. The second kappa shape index (κ2) is 7.22. The van der Waals surface area contributed by atoms with Crippen LogP contribution in [0.1, 0.15) is 29.9 Å². The Labute approximate surface area is 133 Å². The molecule has 0 aliphatic rings. The van der Waals surface area contributed by atoms with Gasteiger partial charge in [-0.15, -0.1) is 0 Å². The molecule has 5 heteroatoms. The lowest BCUT2D eigenvalue weighted by Gasteiger charge is -2.11. The number of nitrogens with one attached hydrogen (secondary N) is 2. The van der Waals surface area contributed by atoms with E-state index in [1.807, 2.05) is 31.2 Å². The largest absolute Gasteiger partial charge is 0.385 e. The molecule has 0 fully saturated rings. The first kappa shape index (κ1) is 15.5. The molecule has 21 heavy (non-hydrogen) atoms. The number of pyridine rings is 1. The lowest BCUT2D eigenvalue weighted by Crippen LogP contribution is -2.15. The molecule has 1 heterocycles. The lowest BCUT2D eigenvalue weighted by molar-refractivity contribution is 0.102. The first-order valence-corrected chi connectivity index (χ1v) is 7.73. The highest BCUT2D eigenvalue weighted by Gasteiger charge is 2.10. The molecule has 0 unspecified atom stereocenters. The third kappa shape index (κ3) is 4.04.